The number of hydrogen-bond donors (Lipinski definition) is 3. The van der Waals surface area contributed by atoms with Gasteiger partial charge in [-0.15, -0.1) is 0 Å². The van der Waals surface area contributed by atoms with Gasteiger partial charge < -0.3 is 16.2 Å². The first-order chi connectivity index (χ1) is 10.1. The van der Waals surface area contributed by atoms with E-state index >= 15 is 0 Å². The molecule has 0 radical (unpaired) electrons. The Balaban J connectivity index is 1.80. The second kappa shape index (κ2) is 7.19. The fraction of sp³-hybridized carbons (Fsp3) is 0.467. The van der Waals surface area contributed by atoms with Crippen LogP contribution < -0.4 is 11.1 Å². The fourth-order valence-corrected chi connectivity index (χ4v) is 2.60. The van der Waals surface area contributed by atoms with Crippen molar-refractivity contribution < 1.29 is 14.7 Å². The lowest BCUT2D eigenvalue weighted by atomic mass is 10.1. The molecule has 6 nitrogen and oxygen atoms in total. The summed E-state index contributed by atoms with van der Waals surface area (Å²) in [7, 11) is 0. The summed E-state index contributed by atoms with van der Waals surface area (Å²) in [6.45, 7) is 2.30. The average Bonchev–Trinajstić information content (AvgIpc) is 2.87. The number of carbonyl (C=O) groups excluding carboxylic acids is 2. The summed E-state index contributed by atoms with van der Waals surface area (Å²) < 4.78 is 0. The lowest BCUT2D eigenvalue weighted by Gasteiger charge is -2.15. The van der Waals surface area contributed by atoms with Gasteiger partial charge in [-0.2, -0.15) is 0 Å². The molecular weight excluding hydrogens is 270 g/mol. The monoisotopic (exact) mass is 291 g/mol. The molecule has 1 heterocycles. The number of amides is 2. The van der Waals surface area contributed by atoms with Gasteiger partial charge >= 0.3 is 0 Å². The molecule has 1 aliphatic heterocycles. The molecule has 2 amide bonds. The molecule has 1 aromatic carbocycles. The van der Waals surface area contributed by atoms with E-state index in [9.17, 15) is 9.59 Å². The highest BCUT2D eigenvalue weighted by Crippen LogP contribution is 2.19. The lowest BCUT2D eigenvalue weighted by Crippen LogP contribution is -2.31. The fourth-order valence-electron chi connectivity index (χ4n) is 2.60. The summed E-state index contributed by atoms with van der Waals surface area (Å²) >= 11 is 0. The van der Waals surface area contributed by atoms with E-state index in [0.29, 0.717) is 23.7 Å². The number of nitrogens with one attached hydrogen (secondary N) is 1. The van der Waals surface area contributed by atoms with Crippen molar-refractivity contribution >= 4 is 17.5 Å². The van der Waals surface area contributed by atoms with Gasteiger partial charge in [-0.25, -0.2) is 0 Å². The van der Waals surface area contributed by atoms with E-state index < -0.39 is 5.91 Å². The maximum Gasteiger partial charge on any atom is 0.248 e. The van der Waals surface area contributed by atoms with Gasteiger partial charge in [0.1, 0.15) is 0 Å². The van der Waals surface area contributed by atoms with Crippen molar-refractivity contribution in [3.8, 4) is 0 Å². The predicted octanol–water partition coefficient (Wildman–Crippen LogP) is 0.428. The Hall–Kier alpha value is -1.92. The van der Waals surface area contributed by atoms with Crippen molar-refractivity contribution in [3.63, 3.8) is 0 Å². The molecule has 1 aromatic rings. The zero-order valence-corrected chi connectivity index (χ0v) is 11.9. The summed E-state index contributed by atoms with van der Waals surface area (Å²) in [5, 5.41) is 11.7. The van der Waals surface area contributed by atoms with Crippen molar-refractivity contribution in [2.45, 2.75) is 12.8 Å². The van der Waals surface area contributed by atoms with Gasteiger partial charge in [-0.3, -0.25) is 14.5 Å². The van der Waals surface area contributed by atoms with Crippen LogP contribution in [0.3, 0.4) is 0 Å². The maximum absolute atomic E-state index is 12.0. The van der Waals surface area contributed by atoms with Gasteiger partial charge in [0.15, 0.2) is 0 Å². The molecule has 1 fully saturated rings. The second-order valence-electron chi connectivity index (χ2n) is 5.39. The number of aliphatic hydroxyl groups is 1. The van der Waals surface area contributed by atoms with Crippen molar-refractivity contribution in [1.29, 1.82) is 0 Å². The zero-order valence-electron chi connectivity index (χ0n) is 11.9. The van der Waals surface area contributed by atoms with E-state index in [1.807, 2.05) is 0 Å². The number of hydrogen-bond acceptors (Lipinski definition) is 4. The average molecular weight is 291 g/mol. The third-order valence-electron chi connectivity index (χ3n) is 3.73. The number of primary amides is 1. The molecule has 1 saturated heterocycles. The number of benzene rings is 1. The molecule has 0 aliphatic carbocycles. The Morgan fingerprint density at radius 3 is 2.67 bits per heavy atom. The van der Waals surface area contributed by atoms with Gasteiger partial charge in [0.25, 0.3) is 0 Å². The molecule has 6 heteroatoms. The normalized spacial score (nSPS) is 18.6. The third kappa shape index (κ3) is 4.54. The van der Waals surface area contributed by atoms with Crippen LogP contribution in [0.4, 0.5) is 5.69 Å². The highest BCUT2D eigenvalue weighted by Gasteiger charge is 2.23. The topological polar surface area (TPSA) is 95.7 Å². The number of anilines is 1. The van der Waals surface area contributed by atoms with E-state index in [2.05, 4.69) is 10.2 Å². The van der Waals surface area contributed by atoms with Crippen LogP contribution in [-0.2, 0) is 4.79 Å². The Kier molecular flexibility index (Phi) is 5.30. The van der Waals surface area contributed by atoms with E-state index in [4.69, 9.17) is 10.8 Å². The van der Waals surface area contributed by atoms with Gasteiger partial charge in [0.05, 0.1) is 6.54 Å². The van der Waals surface area contributed by atoms with Gasteiger partial charge in [0.2, 0.25) is 11.8 Å². The minimum atomic E-state index is -0.486. The van der Waals surface area contributed by atoms with E-state index in [1.165, 1.54) is 0 Å². The predicted molar refractivity (Wildman–Crippen MR) is 79.8 cm³/mol. The largest absolute Gasteiger partial charge is 0.396 e. The van der Waals surface area contributed by atoms with Crippen LogP contribution in [-0.4, -0.2) is 48.1 Å². The standard InChI is InChI=1S/C15H21N3O3/c16-15(21)12-1-3-13(4-2-12)17-14(20)10-18-7-5-11(9-18)6-8-19/h1-4,11,19H,5-10H2,(H2,16,21)(H,17,20). The van der Waals surface area contributed by atoms with Crippen LogP contribution in [0.1, 0.15) is 23.2 Å². The molecule has 1 aliphatic rings. The van der Waals surface area contributed by atoms with Crippen LogP contribution in [0, 0.1) is 5.92 Å². The van der Waals surface area contributed by atoms with E-state index in [-0.39, 0.29) is 12.5 Å². The molecule has 0 saturated carbocycles. The molecule has 0 aromatic heterocycles. The number of likely N-dealkylation sites (tertiary alicyclic amines) is 1. The van der Waals surface area contributed by atoms with Crippen molar-refractivity contribution in [2.24, 2.45) is 11.7 Å². The zero-order chi connectivity index (χ0) is 15.2. The highest BCUT2D eigenvalue weighted by molar-refractivity contribution is 5.95. The van der Waals surface area contributed by atoms with Crippen LogP contribution >= 0.6 is 0 Å². The number of nitrogens with zero attached hydrogens (tertiary/aromatic N) is 1. The highest BCUT2D eigenvalue weighted by atomic mass is 16.3. The van der Waals surface area contributed by atoms with Crippen molar-refractivity contribution in [1.82, 2.24) is 4.90 Å². The number of aliphatic hydroxyl groups excluding tert-OH is 1. The molecule has 1 unspecified atom stereocenters. The first kappa shape index (κ1) is 15.5. The number of nitrogens with two attached hydrogens (primary N) is 1. The lowest BCUT2D eigenvalue weighted by molar-refractivity contribution is -0.117. The molecule has 4 N–H and O–H groups in total. The summed E-state index contributed by atoms with van der Waals surface area (Å²) in [6, 6.07) is 6.50. The molecule has 0 spiro atoms. The Labute approximate surface area is 123 Å². The van der Waals surface area contributed by atoms with Gasteiger partial charge in [-0.05, 0) is 49.6 Å². The Morgan fingerprint density at radius 1 is 1.33 bits per heavy atom. The van der Waals surface area contributed by atoms with Crippen LogP contribution in [0.25, 0.3) is 0 Å². The Bertz CT molecular complexity index is 501. The van der Waals surface area contributed by atoms with Crippen LogP contribution in [0.5, 0.6) is 0 Å². The quantitative estimate of drug-likeness (QED) is 0.708. The Morgan fingerprint density at radius 2 is 2.05 bits per heavy atom. The van der Waals surface area contributed by atoms with Gasteiger partial charge in [0, 0.05) is 24.4 Å². The maximum atomic E-state index is 12.0. The number of rotatable bonds is 6. The summed E-state index contributed by atoms with van der Waals surface area (Å²) in [6.07, 6.45) is 1.83. The van der Waals surface area contributed by atoms with Crippen LogP contribution in [0.15, 0.2) is 24.3 Å². The summed E-state index contributed by atoms with van der Waals surface area (Å²) in [5.41, 5.74) is 6.23. The molecule has 114 valence electrons. The molecule has 2 rings (SSSR count). The van der Waals surface area contributed by atoms with Gasteiger partial charge in [-0.1, -0.05) is 0 Å². The third-order valence-corrected chi connectivity index (χ3v) is 3.73. The smallest absolute Gasteiger partial charge is 0.248 e. The second-order valence-corrected chi connectivity index (χ2v) is 5.39. The number of carbonyl (C=O) groups is 2. The molecule has 0 bridgehead atoms. The minimum absolute atomic E-state index is 0.0773. The summed E-state index contributed by atoms with van der Waals surface area (Å²) in [5.74, 6) is -0.0796. The van der Waals surface area contributed by atoms with Crippen LogP contribution in [0.2, 0.25) is 0 Å². The SMILES string of the molecule is NC(=O)c1ccc(NC(=O)CN2CCC(CCO)C2)cc1. The first-order valence-corrected chi connectivity index (χ1v) is 7.11. The van der Waals surface area contributed by atoms with Crippen molar-refractivity contribution in [3.05, 3.63) is 29.8 Å². The molecular formula is C15H21N3O3. The van der Waals surface area contributed by atoms with E-state index in [1.54, 1.807) is 24.3 Å². The van der Waals surface area contributed by atoms with Crippen molar-refractivity contribution in [2.75, 3.05) is 31.6 Å². The first-order valence-electron chi connectivity index (χ1n) is 7.11. The van der Waals surface area contributed by atoms with E-state index in [0.717, 1.165) is 25.9 Å². The molecule has 21 heavy (non-hydrogen) atoms. The minimum Gasteiger partial charge on any atom is -0.396 e. The summed E-state index contributed by atoms with van der Waals surface area (Å²) in [4.78, 5) is 25.0. The molecule has 1 atom stereocenters.